The van der Waals surface area contributed by atoms with E-state index in [9.17, 15) is 9.90 Å². The van der Waals surface area contributed by atoms with Crippen molar-refractivity contribution >= 4 is 6.09 Å². The van der Waals surface area contributed by atoms with Crippen molar-refractivity contribution < 1.29 is 19.4 Å². The largest absolute Gasteiger partial charge is 0.444 e. The van der Waals surface area contributed by atoms with Gasteiger partial charge in [-0.15, -0.1) is 0 Å². The summed E-state index contributed by atoms with van der Waals surface area (Å²) >= 11 is 0. The summed E-state index contributed by atoms with van der Waals surface area (Å²) in [6, 6.07) is 10.6. The molecule has 1 saturated carbocycles. The van der Waals surface area contributed by atoms with Crippen LogP contribution in [0.25, 0.3) is 0 Å². The smallest absolute Gasteiger partial charge is 0.410 e. The predicted octanol–water partition coefficient (Wildman–Crippen LogP) is 3.01. The van der Waals surface area contributed by atoms with Gasteiger partial charge in [0, 0.05) is 38.7 Å². The molecule has 0 bridgehead atoms. The Morgan fingerprint density at radius 2 is 1.86 bits per heavy atom. The average molecular weight is 403 g/mol. The van der Waals surface area contributed by atoms with E-state index in [2.05, 4.69) is 17.0 Å². The summed E-state index contributed by atoms with van der Waals surface area (Å²) in [6.07, 6.45) is 5.58. The Balaban J connectivity index is 1.26. The number of aliphatic hydroxyl groups is 1. The molecule has 4 rings (SSSR count). The third-order valence-electron chi connectivity index (χ3n) is 6.98. The fourth-order valence-corrected chi connectivity index (χ4v) is 5.15. The van der Waals surface area contributed by atoms with Crippen LogP contribution in [0.3, 0.4) is 0 Å². The first kappa shape index (κ1) is 20.6. The highest BCUT2D eigenvalue weighted by molar-refractivity contribution is 5.70. The first-order valence-corrected chi connectivity index (χ1v) is 11.1. The molecule has 160 valence electrons. The summed E-state index contributed by atoms with van der Waals surface area (Å²) in [5.41, 5.74) is 1.20. The highest BCUT2D eigenvalue weighted by atomic mass is 16.6. The van der Waals surface area contributed by atoms with E-state index in [0.29, 0.717) is 18.7 Å². The SMILES string of the molecule is COC1CCC(N2CC(CCN3CCC(O)C(c4ccccc4)C3)OC2=O)CC1. The van der Waals surface area contributed by atoms with Gasteiger partial charge in [0.1, 0.15) is 6.10 Å². The lowest BCUT2D eigenvalue weighted by molar-refractivity contribution is 0.0473. The number of cyclic esters (lactones) is 1. The van der Waals surface area contributed by atoms with Crippen LogP contribution < -0.4 is 0 Å². The molecule has 1 aromatic rings. The quantitative estimate of drug-likeness (QED) is 0.793. The zero-order chi connectivity index (χ0) is 20.2. The van der Waals surface area contributed by atoms with Crippen LogP contribution in [0.4, 0.5) is 4.79 Å². The molecule has 0 aromatic heterocycles. The molecule has 1 aromatic carbocycles. The van der Waals surface area contributed by atoms with Crippen molar-refractivity contribution in [2.45, 2.75) is 68.8 Å². The van der Waals surface area contributed by atoms with E-state index in [1.165, 1.54) is 5.56 Å². The Morgan fingerprint density at radius 3 is 2.59 bits per heavy atom. The number of piperidine rings is 1. The van der Waals surface area contributed by atoms with Gasteiger partial charge in [0.05, 0.1) is 18.8 Å². The number of benzene rings is 1. The van der Waals surface area contributed by atoms with Crippen molar-refractivity contribution in [3.63, 3.8) is 0 Å². The fraction of sp³-hybridized carbons (Fsp3) is 0.696. The Morgan fingerprint density at radius 1 is 1.10 bits per heavy atom. The van der Waals surface area contributed by atoms with Gasteiger partial charge < -0.3 is 24.4 Å². The predicted molar refractivity (Wildman–Crippen MR) is 111 cm³/mol. The van der Waals surface area contributed by atoms with Crippen molar-refractivity contribution in [3.05, 3.63) is 35.9 Å². The fourth-order valence-electron chi connectivity index (χ4n) is 5.15. The van der Waals surface area contributed by atoms with Gasteiger partial charge in [-0.05, 0) is 44.1 Å². The normalized spacial score (nSPS) is 33.7. The molecule has 0 radical (unpaired) electrons. The van der Waals surface area contributed by atoms with Gasteiger partial charge in [-0.2, -0.15) is 0 Å². The van der Waals surface area contributed by atoms with Crippen LogP contribution in [0, 0.1) is 0 Å². The van der Waals surface area contributed by atoms with Crippen LogP contribution in [-0.4, -0.2) is 78.6 Å². The summed E-state index contributed by atoms with van der Waals surface area (Å²) in [4.78, 5) is 16.7. The van der Waals surface area contributed by atoms with Crippen molar-refractivity contribution in [2.24, 2.45) is 0 Å². The zero-order valence-electron chi connectivity index (χ0n) is 17.4. The number of carbonyl (C=O) groups excluding carboxylic acids is 1. The number of hydrogen-bond acceptors (Lipinski definition) is 5. The number of hydrogen-bond donors (Lipinski definition) is 1. The average Bonchev–Trinajstić information content (AvgIpc) is 3.14. The number of carbonyl (C=O) groups is 1. The summed E-state index contributed by atoms with van der Waals surface area (Å²) in [6.45, 7) is 3.37. The summed E-state index contributed by atoms with van der Waals surface area (Å²) in [5.74, 6) is 0.156. The molecule has 0 spiro atoms. The maximum Gasteiger partial charge on any atom is 0.410 e. The Kier molecular flexibility index (Phi) is 6.73. The van der Waals surface area contributed by atoms with E-state index in [0.717, 1.165) is 58.2 Å². The van der Waals surface area contributed by atoms with Crippen LogP contribution >= 0.6 is 0 Å². The minimum atomic E-state index is -0.282. The van der Waals surface area contributed by atoms with Crippen LogP contribution in [0.1, 0.15) is 50.0 Å². The van der Waals surface area contributed by atoms with Crippen molar-refractivity contribution in [2.75, 3.05) is 33.3 Å². The van der Waals surface area contributed by atoms with Crippen molar-refractivity contribution in [1.29, 1.82) is 0 Å². The van der Waals surface area contributed by atoms with E-state index < -0.39 is 0 Å². The highest BCUT2D eigenvalue weighted by Crippen LogP contribution is 2.30. The summed E-state index contributed by atoms with van der Waals surface area (Å²) in [5, 5.41) is 10.5. The lowest BCUT2D eigenvalue weighted by atomic mass is 9.88. The van der Waals surface area contributed by atoms with Crippen LogP contribution in [0.2, 0.25) is 0 Å². The molecule has 3 fully saturated rings. The Labute approximate surface area is 173 Å². The number of amides is 1. The van der Waals surface area contributed by atoms with E-state index in [4.69, 9.17) is 9.47 Å². The standard InChI is InChI=1S/C23H34N2O4/c1-28-19-9-7-18(8-10-19)25-15-20(29-23(25)27)11-13-24-14-12-22(26)21(16-24)17-5-3-2-4-6-17/h2-6,18-22,26H,7-16H2,1H3. The monoisotopic (exact) mass is 402 g/mol. The second kappa shape index (κ2) is 9.45. The second-order valence-electron chi connectivity index (χ2n) is 8.79. The molecule has 3 atom stereocenters. The van der Waals surface area contributed by atoms with Crippen LogP contribution in [0.15, 0.2) is 30.3 Å². The number of likely N-dealkylation sites (tertiary alicyclic amines) is 1. The van der Waals surface area contributed by atoms with Crippen molar-refractivity contribution in [3.8, 4) is 0 Å². The van der Waals surface area contributed by atoms with Gasteiger partial charge in [-0.25, -0.2) is 4.79 Å². The molecular weight excluding hydrogens is 368 g/mol. The first-order valence-electron chi connectivity index (χ1n) is 11.1. The molecule has 2 heterocycles. The summed E-state index contributed by atoms with van der Waals surface area (Å²) < 4.78 is 11.1. The first-order chi connectivity index (χ1) is 14.1. The molecule has 6 heteroatoms. The van der Waals surface area contributed by atoms with E-state index in [-0.39, 0.29) is 24.2 Å². The number of nitrogens with zero attached hydrogens (tertiary/aromatic N) is 2. The van der Waals surface area contributed by atoms with Gasteiger partial charge in [0.2, 0.25) is 0 Å². The summed E-state index contributed by atoms with van der Waals surface area (Å²) in [7, 11) is 1.77. The maximum atomic E-state index is 12.4. The van der Waals surface area contributed by atoms with E-state index in [1.807, 2.05) is 23.1 Å². The van der Waals surface area contributed by atoms with Gasteiger partial charge >= 0.3 is 6.09 Å². The molecule has 1 aliphatic carbocycles. The van der Waals surface area contributed by atoms with Crippen LogP contribution in [-0.2, 0) is 9.47 Å². The molecule has 2 saturated heterocycles. The number of ether oxygens (including phenoxy) is 2. The molecule has 1 N–H and O–H groups in total. The molecule has 2 aliphatic heterocycles. The van der Waals surface area contributed by atoms with E-state index >= 15 is 0 Å². The third-order valence-corrected chi connectivity index (χ3v) is 6.98. The minimum absolute atomic E-state index is 0.0235. The molecule has 3 unspecified atom stereocenters. The molecule has 1 amide bonds. The molecular formula is C23H34N2O4. The number of rotatable bonds is 6. The molecule has 6 nitrogen and oxygen atoms in total. The Bertz CT molecular complexity index is 662. The number of aliphatic hydroxyl groups excluding tert-OH is 1. The minimum Gasteiger partial charge on any atom is -0.444 e. The number of methoxy groups -OCH3 is 1. The van der Waals surface area contributed by atoms with Crippen LogP contribution in [0.5, 0.6) is 0 Å². The van der Waals surface area contributed by atoms with Gasteiger partial charge in [-0.3, -0.25) is 0 Å². The van der Waals surface area contributed by atoms with E-state index in [1.54, 1.807) is 7.11 Å². The highest BCUT2D eigenvalue weighted by Gasteiger charge is 2.38. The molecule has 3 aliphatic rings. The zero-order valence-corrected chi connectivity index (χ0v) is 17.4. The van der Waals surface area contributed by atoms with Gasteiger partial charge in [-0.1, -0.05) is 30.3 Å². The lowest BCUT2D eigenvalue weighted by Gasteiger charge is -2.36. The second-order valence-corrected chi connectivity index (χ2v) is 8.79. The molecule has 29 heavy (non-hydrogen) atoms. The van der Waals surface area contributed by atoms with Crippen molar-refractivity contribution in [1.82, 2.24) is 9.80 Å². The maximum absolute atomic E-state index is 12.4. The third kappa shape index (κ3) is 4.93. The van der Waals surface area contributed by atoms with Gasteiger partial charge in [0.15, 0.2) is 0 Å². The Hall–Kier alpha value is -1.63. The van der Waals surface area contributed by atoms with Gasteiger partial charge in [0.25, 0.3) is 0 Å². The lowest BCUT2D eigenvalue weighted by Crippen LogP contribution is -2.43. The topological polar surface area (TPSA) is 62.2 Å².